The second kappa shape index (κ2) is 4.37. The number of nitrogens with zero attached hydrogens (tertiary/aromatic N) is 4. The van der Waals surface area contributed by atoms with Gasteiger partial charge in [0.15, 0.2) is 11.5 Å². The van der Waals surface area contributed by atoms with Crippen LogP contribution in [0.5, 0.6) is 0 Å². The van der Waals surface area contributed by atoms with Crippen LogP contribution in [0.25, 0.3) is 16.9 Å². The van der Waals surface area contributed by atoms with Gasteiger partial charge in [0.2, 0.25) is 15.9 Å². The van der Waals surface area contributed by atoms with E-state index in [1.165, 1.54) is 6.33 Å². The number of nitrogen functional groups attached to an aromatic ring is 1. The van der Waals surface area contributed by atoms with Crippen molar-refractivity contribution in [1.29, 1.82) is 0 Å². The van der Waals surface area contributed by atoms with Crippen LogP contribution in [0.1, 0.15) is 5.56 Å². The van der Waals surface area contributed by atoms with Crippen molar-refractivity contribution in [3.8, 4) is 11.3 Å². The lowest BCUT2D eigenvalue weighted by Gasteiger charge is -2.72. The summed E-state index contributed by atoms with van der Waals surface area (Å²) in [5.74, 6) is 2.09. The smallest absolute Gasteiger partial charge is 0.241 e. The van der Waals surface area contributed by atoms with E-state index >= 15 is 0 Å². The third-order valence-corrected chi connectivity index (χ3v) is 12.1. The number of amides is 1. The summed E-state index contributed by atoms with van der Waals surface area (Å²) in [5, 5.41) is 4.24. The van der Waals surface area contributed by atoms with Gasteiger partial charge < -0.3 is 11.5 Å². The maximum Gasteiger partial charge on any atom is 0.241 e. The number of hydrogen-bond acceptors (Lipinski definition) is 7. The molecule has 166 valence electrons. The van der Waals surface area contributed by atoms with Crippen LogP contribution >= 0.6 is 0 Å². The normalized spacial score (nSPS) is 45.6. The van der Waals surface area contributed by atoms with Gasteiger partial charge >= 0.3 is 0 Å². The van der Waals surface area contributed by atoms with E-state index in [0.717, 1.165) is 5.56 Å². The lowest BCUT2D eigenvalue weighted by molar-refractivity contribution is -0.246. The molecule has 1 amide bonds. The van der Waals surface area contributed by atoms with E-state index in [1.54, 1.807) is 28.9 Å². The SMILES string of the molecule is Cc1ccc(S(=O)(=O)NC23C4C5C6C7C2C63C4C57C(N)=O)cc1-c1cnc2c(N)ncnn12. The van der Waals surface area contributed by atoms with E-state index in [1.807, 2.05) is 6.92 Å². The molecular formula is C22H19N7O3S. The highest BCUT2D eigenvalue weighted by molar-refractivity contribution is 7.89. The number of anilines is 1. The zero-order valence-corrected chi connectivity index (χ0v) is 18.2. The Morgan fingerprint density at radius 3 is 2.64 bits per heavy atom. The lowest BCUT2D eigenvalue weighted by Crippen LogP contribution is -2.79. The summed E-state index contributed by atoms with van der Waals surface area (Å²) in [6.45, 7) is 1.92. The minimum absolute atomic E-state index is 0.0126. The number of sulfonamides is 1. The summed E-state index contributed by atoms with van der Waals surface area (Å²) in [6, 6.07) is 5.11. The summed E-state index contributed by atoms with van der Waals surface area (Å²) in [5.41, 5.74) is 13.7. The Morgan fingerprint density at radius 1 is 1.15 bits per heavy atom. The molecule has 1 aromatic carbocycles. The lowest BCUT2D eigenvalue weighted by atomic mass is 9.31. The number of nitrogens with one attached hydrogen (secondary N) is 1. The van der Waals surface area contributed by atoms with Crippen molar-refractivity contribution in [1.82, 2.24) is 24.3 Å². The molecule has 11 heteroatoms. The average Bonchev–Trinajstić information content (AvgIpc) is 3.31. The molecular weight excluding hydrogens is 442 g/mol. The van der Waals surface area contributed by atoms with Crippen LogP contribution in [-0.2, 0) is 14.8 Å². The second-order valence-electron chi connectivity index (χ2n) is 10.8. The first-order valence-corrected chi connectivity index (χ1v) is 12.6. The van der Waals surface area contributed by atoms with Crippen molar-refractivity contribution >= 4 is 27.4 Å². The summed E-state index contributed by atoms with van der Waals surface area (Å²) in [6.07, 6.45) is 2.98. The number of carbonyl (C=O) groups excluding carboxylic acids is 1. The molecule has 5 N–H and O–H groups in total. The summed E-state index contributed by atoms with van der Waals surface area (Å²) < 4.78 is 31.8. The number of aryl methyl sites for hydroxylation is 1. The first-order valence-electron chi connectivity index (χ1n) is 11.1. The van der Waals surface area contributed by atoms with Crippen molar-refractivity contribution in [2.75, 3.05) is 5.73 Å². The number of imidazole rings is 1. The van der Waals surface area contributed by atoms with Crippen LogP contribution in [0.2, 0.25) is 0 Å². The van der Waals surface area contributed by atoms with E-state index in [4.69, 9.17) is 11.5 Å². The van der Waals surface area contributed by atoms with Crippen LogP contribution in [0.15, 0.2) is 35.6 Å². The van der Waals surface area contributed by atoms with Crippen molar-refractivity contribution in [3.05, 3.63) is 36.3 Å². The van der Waals surface area contributed by atoms with E-state index in [2.05, 4.69) is 19.8 Å². The number of primary amides is 1. The van der Waals surface area contributed by atoms with Crippen LogP contribution in [0.3, 0.4) is 0 Å². The van der Waals surface area contributed by atoms with Gasteiger partial charge in [0.1, 0.15) is 6.33 Å². The highest BCUT2D eigenvalue weighted by Crippen LogP contribution is 3.19. The molecule has 33 heavy (non-hydrogen) atoms. The average molecular weight is 462 g/mol. The van der Waals surface area contributed by atoms with Crippen molar-refractivity contribution in [2.24, 2.45) is 52.1 Å². The van der Waals surface area contributed by atoms with Gasteiger partial charge in [-0.15, -0.1) is 0 Å². The fourth-order valence-electron chi connectivity index (χ4n) is 10.2. The first-order chi connectivity index (χ1) is 15.8. The van der Waals surface area contributed by atoms with Gasteiger partial charge in [-0.05, 0) is 60.1 Å². The molecule has 9 unspecified atom stereocenters. The molecule has 0 aliphatic heterocycles. The number of benzene rings is 1. The predicted molar refractivity (Wildman–Crippen MR) is 113 cm³/mol. The Balaban J connectivity index is 1.10. The third kappa shape index (κ3) is 1.25. The van der Waals surface area contributed by atoms with Crippen molar-refractivity contribution in [2.45, 2.75) is 17.4 Å². The molecule has 9 atom stereocenters. The Morgan fingerprint density at radius 2 is 1.97 bits per heavy atom. The van der Waals surface area contributed by atoms with Gasteiger partial charge in [-0.2, -0.15) is 5.10 Å². The number of rotatable bonds is 5. The highest BCUT2D eigenvalue weighted by Gasteiger charge is 3.23. The van der Waals surface area contributed by atoms with E-state index < -0.39 is 10.0 Å². The minimum Gasteiger partial charge on any atom is -0.381 e. The third-order valence-electron chi connectivity index (χ3n) is 10.6. The van der Waals surface area contributed by atoms with E-state index in [9.17, 15) is 13.2 Å². The van der Waals surface area contributed by atoms with Gasteiger partial charge in [0.05, 0.1) is 22.2 Å². The molecule has 5 aliphatic rings. The van der Waals surface area contributed by atoms with Crippen molar-refractivity contribution < 1.29 is 13.2 Å². The quantitative estimate of drug-likeness (QED) is 0.449. The Kier molecular flexibility index (Phi) is 2.31. The zero-order valence-electron chi connectivity index (χ0n) is 17.4. The minimum atomic E-state index is -3.75. The number of fused-ring (bicyclic) bond motifs is 11. The second-order valence-corrected chi connectivity index (χ2v) is 12.4. The number of nitrogens with two attached hydrogens (primary N) is 2. The summed E-state index contributed by atoms with van der Waals surface area (Å²) in [4.78, 5) is 20.7. The largest absolute Gasteiger partial charge is 0.381 e. The summed E-state index contributed by atoms with van der Waals surface area (Å²) in [7, 11) is -3.75. The first kappa shape index (κ1) is 17.4. The standard InChI is InChI=1S/C22H19N7O3S/c1-7-2-3-8(4-9(7)10-5-25-18-17(23)26-6-27-29(10)18)33(31,32)28-22-14-11-12-13-16(22)21(12,22)15(14)20(11,13)19(24)30/h2-6,11-16,28H,1H3,(H2,24,30)(H2,23,26,27). The molecule has 0 saturated heterocycles. The maximum absolute atomic E-state index is 13.6. The molecule has 2 aromatic heterocycles. The molecule has 5 fully saturated rings. The Hall–Kier alpha value is -3.05. The molecule has 0 bridgehead atoms. The maximum atomic E-state index is 13.6. The molecule has 10 nitrogen and oxygen atoms in total. The van der Waals surface area contributed by atoms with Gasteiger partial charge in [0.25, 0.3) is 0 Å². The number of hydrogen-bond donors (Lipinski definition) is 3. The molecule has 5 aliphatic carbocycles. The number of aromatic nitrogens is 4. The Bertz CT molecular complexity index is 1630. The van der Waals surface area contributed by atoms with Gasteiger partial charge in [-0.1, -0.05) is 6.07 Å². The fraction of sp³-hybridized carbons (Fsp3) is 0.455. The van der Waals surface area contributed by atoms with E-state index in [0.29, 0.717) is 46.5 Å². The van der Waals surface area contributed by atoms with Crippen LogP contribution in [-0.4, -0.2) is 39.4 Å². The fourth-order valence-corrected chi connectivity index (χ4v) is 11.7. The highest BCUT2D eigenvalue weighted by atomic mass is 32.2. The van der Waals surface area contributed by atoms with Crippen LogP contribution in [0, 0.1) is 53.3 Å². The summed E-state index contributed by atoms with van der Waals surface area (Å²) >= 11 is 0. The zero-order chi connectivity index (χ0) is 22.4. The van der Waals surface area contributed by atoms with E-state index in [-0.39, 0.29) is 38.9 Å². The van der Waals surface area contributed by atoms with Crippen LogP contribution < -0.4 is 16.2 Å². The molecule has 0 radical (unpaired) electrons. The van der Waals surface area contributed by atoms with Gasteiger partial charge in [0, 0.05) is 16.5 Å². The van der Waals surface area contributed by atoms with Gasteiger partial charge in [-0.25, -0.2) is 27.6 Å². The Labute approximate surface area is 187 Å². The van der Waals surface area contributed by atoms with Gasteiger partial charge in [-0.3, -0.25) is 4.79 Å². The molecule has 3 aromatic rings. The predicted octanol–water partition coefficient (Wildman–Crippen LogP) is -0.0641. The molecule has 1 spiro atoms. The molecule has 5 saturated carbocycles. The topological polar surface area (TPSA) is 158 Å². The van der Waals surface area contributed by atoms with Crippen LogP contribution in [0.4, 0.5) is 5.82 Å². The molecule has 8 rings (SSSR count). The van der Waals surface area contributed by atoms with Crippen molar-refractivity contribution in [3.63, 3.8) is 0 Å². The number of carbonyl (C=O) groups is 1. The monoisotopic (exact) mass is 461 g/mol. The molecule has 2 heterocycles.